The second-order valence-corrected chi connectivity index (χ2v) is 9.24. The summed E-state index contributed by atoms with van der Waals surface area (Å²) in [6, 6.07) is 19.5. The number of nitrogens with zero attached hydrogens (tertiary/aromatic N) is 1. The standard InChI is InChI=1S/C26H19BrCl2N2O3/c1-2-15-11-16(27)7-10-22(15)31-25(32)14-34-26(33)20-13-24(19-9-8-17(28)12-21(19)29)30-23-6-4-3-5-18(20)23/h3-13H,2,14H2,1H3,(H,31,32). The minimum Gasteiger partial charge on any atom is -0.452 e. The quantitative estimate of drug-likeness (QED) is 0.252. The van der Waals surface area contributed by atoms with Crippen molar-refractivity contribution in [3.63, 3.8) is 0 Å². The van der Waals surface area contributed by atoms with Gasteiger partial charge in [0.1, 0.15) is 0 Å². The van der Waals surface area contributed by atoms with Crippen LogP contribution in [-0.2, 0) is 16.0 Å². The predicted octanol–water partition coefficient (Wildman–Crippen LogP) is 7.33. The van der Waals surface area contributed by atoms with E-state index in [0.29, 0.717) is 37.9 Å². The lowest BCUT2D eigenvalue weighted by Crippen LogP contribution is -2.21. The zero-order valence-corrected chi connectivity index (χ0v) is 21.2. The summed E-state index contributed by atoms with van der Waals surface area (Å²) in [6.07, 6.45) is 0.744. The van der Waals surface area contributed by atoms with E-state index in [1.54, 1.807) is 42.5 Å². The van der Waals surface area contributed by atoms with Gasteiger partial charge in [0.2, 0.25) is 0 Å². The number of aromatic nitrogens is 1. The molecule has 0 aliphatic heterocycles. The van der Waals surface area contributed by atoms with Gasteiger partial charge in [-0.25, -0.2) is 9.78 Å². The van der Waals surface area contributed by atoms with Gasteiger partial charge in [0.05, 0.1) is 21.8 Å². The number of esters is 1. The number of hydrogen-bond acceptors (Lipinski definition) is 4. The van der Waals surface area contributed by atoms with E-state index in [4.69, 9.17) is 27.9 Å². The first-order chi connectivity index (χ1) is 16.4. The number of carbonyl (C=O) groups excluding carboxylic acids is 2. The van der Waals surface area contributed by atoms with Crippen LogP contribution in [0.25, 0.3) is 22.2 Å². The Balaban J connectivity index is 1.58. The van der Waals surface area contributed by atoms with E-state index in [-0.39, 0.29) is 5.56 Å². The molecule has 4 aromatic rings. The zero-order chi connectivity index (χ0) is 24.2. The monoisotopic (exact) mass is 556 g/mol. The molecule has 0 spiro atoms. The molecule has 0 atom stereocenters. The molecule has 34 heavy (non-hydrogen) atoms. The van der Waals surface area contributed by atoms with Gasteiger partial charge >= 0.3 is 5.97 Å². The number of para-hydroxylation sites is 1. The molecule has 3 aromatic carbocycles. The Hall–Kier alpha value is -2.93. The van der Waals surface area contributed by atoms with Crippen LogP contribution < -0.4 is 5.32 Å². The molecule has 1 amide bonds. The normalized spacial score (nSPS) is 10.8. The third-order valence-corrected chi connectivity index (χ3v) is 6.24. The largest absolute Gasteiger partial charge is 0.452 e. The SMILES string of the molecule is CCc1cc(Br)ccc1NC(=O)COC(=O)c1cc(-c2ccc(Cl)cc2Cl)nc2ccccc12. The number of nitrogens with one attached hydrogen (secondary N) is 1. The topological polar surface area (TPSA) is 68.3 Å². The summed E-state index contributed by atoms with van der Waals surface area (Å²) in [7, 11) is 0. The number of rotatable bonds is 6. The smallest absolute Gasteiger partial charge is 0.339 e. The van der Waals surface area contributed by atoms with Crippen molar-refractivity contribution in [2.75, 3.05) is 11.9 Å². The summed E-state index contributed by atoms with van der Waals surface area (Å²) in [5, 5.41) is 4.33. The first kappa shape index (κ1) is 24.2. The second-order valence-electron chi connectivity index (χ2n) is 7.48. The first-order valence-corrected chi connectivity index (χ1v) is 12.0. The fourth-order valence-electron chi connectivity index (χ4n) is 3.55. The molecule has 8 heteroatoms. The maximum Gasteiger partial charge on any atom is 0.339 e. The molecular formula is C26H19BrCl2N2O3. The van der Waals surface area contributed by atoms with Gasteiger partial charge in [0.25, 0.3) is 5.91 Å². The van der Waals surface area contributed by atoms with E-state index in [9.17, 15) is 9.59 Å². The van der Waals surface area contributed by atoms with Crippen molar-refractivity contribution < 1.29 is 14.3 Å². The van der Waals surface area contributed by atoms with Gasteiger partial charge in [-0.3, -0.25) is 4.79 Å². The van der Waals surface area contributed by atoms with Crippen molar-refractivity contribution in [2.24, 2.45) is 0 Å². The van der Waals surface area contributed by atoms with Crippen molar-refractivity contribution in [3.05, 3.63) is 92.4 Å². The van der Waals surface area contributed by atoms with Gasteiger partial charge in [-0.2, -0.15) is 0 Å². The summed E-state index contributed by atoms with van der Waals surface area (Å²) in [6.45, 7) is 1.57. The number of aryl methyl sites for hydroxylation is 1. The average molecular weight is 558 g/mol. The van der Waals surface area contributed by atoms with E-state index in [1.807, 2.05) is 31.2 Å². The molecule has 0 unspecified atom stereocenters. The zero-order valence-electron chi connectivity index (χ0n) is 18.1. The summed E-state index contributed by atoms with van der Waals surface area (Å²) in [5.74, 6) is -1.06. The molecule has 0 aliphatic carbocycles. The van der Waals surface area contributed by atoms with Crippen LogP contribution in [-0.4, -0.2) is 23.5 Å². The number of pyridine rings is 1. The maximum atomic E-state index is 13.0. The van der Waals surface area contributed by atoms with Gasteiger partial charge in [-0.15, -0.1) is 0 Å². The number of amides is 1. The van der Waals surface area contributed by atoms with Gasteiger partial charge < -0.3 is 10.1 Å². The minimum absolute atomic E-state index is 0.289. The second kappa shape index (κ2) is 10.6. The number of ether oxygens (including phenoxy) is 1. The lowest BCUT2D eigenvalue weighted by atomic mass is 10.0. The Kier molecular flexibility index (Phi) is 7.51. The maximum absolute atomic E-state index is 13.0. The molecule has 0 aliphatic rings. The van der Waals surface area contributed by atoms with Crippen LogP contribution in [0.1, 0.15) is 22.8 Å². The lowest BCUT2D eigenvalue weighted by Gasteiger charge is -2.12. The average Bonchev–Trinajstić information content (AvgIpc) is 2.83. The molecule has 172 valence electrons. The van der Waals surface area contributed by atoms with Crippen LogP contribution in [0.3, 0.4) is 0 Å². The van der Waals surface area contributed by atoms with E-state index >= 15 is 0 Å². The van der Waals surface area contributed by atoms with E-state index in [1.165, 1.54) is 0 Å². The molecule has 0 saturated heterocycles. The number of anilines is 1. The Morgan fingerprint density at radius 3 is 2.59 bits per heavy atom. The van der Waals surface area contributed by atoms with E-state index in [0.717, 1.165) is 16.5 Å². The molecular weight excluding hydrogens is 539 g/mol. The van der Waals surface area contributed by atoms with Crippen LogP contribution in [0.2, 0.25) is 10.0 Å². The third-order valence-electron chi connectivity index (χ3n) is 5.20. The fraction of sp³-hybridized carbons (Fsp3) is 0.115. The first-order valence-electron chi connectivity index (χ1n) is 10.5. The van der Waals surface area contributed by atoms with Crippen LogP contribution in [0.5, 0.6) is 0 Å². The molecule has 1 heterocycles. The molecule has 0 bridgehead atoms. The number of hydrogen-bond donors (Lipinski definition) is 1. The van der Waals surface area contributed by atoms with E-state index in [2.05, 4.69) is 26.2 Å². The highest BCUT2D eigenvalue weighted by molar-refractivity contribution is 9.10. The Labute approximate surface area is 215 Å². The molecule has 0 radical (unpaired) electrons. The Morgan fingerprint density at radius 2 is 1.82 bits per heavy atom. The van der Waals surface area contributed by atoms with Crippen molar-refractivity contribution in [3.8, 4) is 11.3 Å². The van der Waals surface area contributed by atoms with Crippen molar-refractivity contribution in [1.29, 1.82) is 0 Å². The number of halogens is 3. The number of fused-ring (bicyclic) bond motifs is 1. The van der Waals surface area contributed by atoms with Crippen LogP contribution in [0.15, 0.2) is 71.2 Å². The Bertz CT molecular complexity index is 1410. The molecule has 0 saturated carbocycles. The minimum atomic E-state index is -0.633. The van der Waals surface area contributed by atoms with Crippen molar-refractivity contribution >= 4 is 67.6 Å². The van der Waals surface area contributed by atoms with Crippen molar-refractivity contribution in [2.45, 2.75) is 13.3 Å². The van der Waals surface area contributed by atoms with Crippen LogP contribution in [0.4, 0.5) is 5.69 Å². The highest BCUT2D eigenvalue weighted by Gasteiger charge is 2.18. The molecule has 0 fully saturated rings. The van der Waals surface area contributed by atoms with Crippen molar-refractivity contribution in [1.82, 2.24) is 4.98 Å². The number of carbonyl (C=O) groups is 2. The summed E-state index contributed by atoms with van der Waals surface area (Å²) in [4.78, 5) is 30.1. The molecule has 4 rings (SSSR count). The highest BCUT2D eigenvalue weighted by atomic mass is 79.9. The third kappa shape index (κ3) is 5.41. The summed E-state index contributed by atoms with van der Waals surface area (Å²) in [5.41, 5.74) is 3.67. The van der Waals surface area contributed by atoms with Gasteiger partial charge in [-0.05, 0) is 60.5 Å². The van der Waals surface area contributed by atoms with Crippen LogP contribution in [0, 0.1) is 0 Å². The van der Waals surface area contributed by atoms with Gasteiger partial charge in [0.15, 0.2) is 6.61 Å². The lowest BCUT2D eigenvalue weighted by molar-refractivity contribution is -0.119. The molecule has 1 aromatic heterocycles. The van der Waals surface area contributed by atoms with Crippen LogP contribution >= 0.6 is 39.1 Å². The number of benzene rings is 3. The summed E-state index contributed by atoms with van der Waals surface area (Å²) >= 11 is 15.8. The van der Waals surface area contributed by atoms with E-state index < -0.39 is 18.5 Å². The molecule has 1 N–H and O–H groups in total. The highest BCUT2D eigenvalue weighted by Crippen LogP contribution is 2.32. The Morgan fingerprint density at radius 1 is 1.03 bits per heavy atom. The summed E-state index contributed by atoms with van der Waals surface area (Å²) < 4.78 is 6.29. The van der Waals surface area contributed by atoms with Gasteiger partial charge in [0, 0.05) is 26.1 Å². The molecule has 5 nitrogen and oxygen atoms in total. The predicted molar refractivity (Wildman–Crippen MR) is 140 cm³/mol. The fourth-order valence-corrected chi connectivity index (χ4v) is 4.47. The van der Waals surface area contributed by atoms with Gasteiger partial charge in [-0.1, -0.05) is 64.3 Å².